The van der Waals surface area contributed by atoms with Crippen LogP contribution < -0.4 is 5.73 Å². The lowest BCUT2D eigenvalue weighted by Crippen LogP contribution is -2.28. The summed E-state index contributed by atoms with van der Waals surface area (Å²) in [6.07, 6.45) is 5.06. The third-order valence-corrected chi connectivity index (χ3v) is 1.20. The van der Waals surface area contributed by atoms with Crippen molar-refractivity contribution in [2.75, 3.05) is 0 Å². The summed E-state index contributed by atoms with van der Waals surface area (Å²) in [5, 5.41) is 0. The molecule has 0 radical (unpaired) electrons. The Bertz CT molecular complexity index is 182. The van der Waals surface area contributed by atoms with Crippen LogP contribution in [0.2, 0.25) is 0 Å². The summed E-state index contributed by atoms with van der Waals surface area (Å²) in [5.74, 6) is 0.635. The van der Waals surface area contributed by atoms with E-state index in [9.17, 15) is 0 Å². The zero-order valence-corrected chi connectivity index (χ0v) is 7.46. The van der Waals surface area contributed by atoms with E-state index in [2.05, 4.69) is 11.6 Å². The van der Waals surface area contributed by atoms with Crippen LogP contribution in [0.5, 0.6) is 0 Å². The Hall–Kier alpha value is -1.05. The van der Waals surface area contributed by atoms with Gasteiger partial charge in [0.15, 0.2) is 0 Å². The van der Waals surface area contributed by atoms with E-state index >= 15 is 0 Å². The molecule has 0 fully saturated rings. The van der Waals surface area contributed by atoms with Gasteiger partial charge >= 0.3 is 0 Å². The first-order valence-corrected chi connectivity index (χ1v) is 3.60. The summed E-state index contributed by atoms with van der Waals surface area (Å²) in [4.78, 5) is 4.03. The number of allylic oxidation sites excluding steroid dienone is 2. The van der Waals surface area contributed by atoms with Gasteiger partial charge in [-0.1, -0.05) is 33.4 Å². The minimum absolute atomic E-state index is 0.0501. The van der Waals surface area contributed by atoms with Gasteiger partial charge in [0.05, 0.1) is 0 Å². The molecule has 0 aliphatic carbocycles. The molecule has 0 saturated carbocycles. The Morgan fingerprint density at radius 1 is 1.45 bits per heavy atom. The highest BCUT2D eigenvalue weighted by Gasteiger charge is 2.13. The maximum absolute atomic E-state index is 5.66. The molecule has 0 aromatic rings. The molecular weight excluding hydrogens is 136 g/mol. The van der Waals surface area contributed by atoms with Crippen LogP contribution in [0.25, 0.3) is 0 Å². The highest BCUT2D eigenvalue weighted by molar-refractivity contribution is 5.85. The number of nitrogens with zero attached hydrogens (tertiary/aromatic N) is 1. The van der Waals surface area contributed by atoms with Gasteiger partial charge in [0.1, 0.15) is 5.84 Å². The number of nitrogens with two attached hydrogens (primary N) is 1. The summed E-state index contributed by atoms with van der Waals surface area (Å²) in [6.45, 7) is 9.59. The van der Waals surface area contributed by atoms with Crippen molar-refractivity contribution in [1.29, 1.82) is 0 Å². The second kappa shape index (κ2) is 3.96. The highest BCUT2D eigenvalue weighted by Crippen LogP contribution is 2.12. The van der Waals surface area contributed by atoms with Crippen molar-refractivity contribution in [3.8, 4) is 0 Å². The van der Waals surface area contributed by atoms with Gasteiger partial charge in [0, 0.05) is 11.6 Å². The fraction of sp³-hybridized carbons (Fsp3) is 0.444. The molecule has 0 aliphatic heterocycles. The van der Waals surface area contributed by atoms with Gasteiger partial charge in [0.25, 0.3) is 0 Å². The molecule has 2 nitrogen and oxygen atoms in total. The Morgan fingerprint density at radius 2 is 2.00 bits per heavy atom. The predicted octanol–water partition coefficient (Wildman–Crippen LogP) is 2.09. The van der Waals surface area contributed by atoms with Crippen LogP contribution >= 0.6 is 0 Å². The fourth-order valence-corrected chi connectivity index (χ4v) is 0.378. The van der Waals surface area contributed by atoms with Gasteiger partial charge in [-0.2, -0.15) is 0 Å². The van der Waals surface area contributed by atoms with E-state index in [-0.39, 0.29) is 5.41 Å². The Labute approximate surface area is 68.5 Å². The molecule has 0 spiro atoms. The van der Waals surface area contributed by atoms with Gasteiger partial charge in [-0.3, -0.25) is 0 Å². The average Bonchev–Trinajstić information content (AvgIpc) is 1.86. The van der Waals surface area contributed by atoms with Crippen LogP contribution in [0.15, 0.2) is 29.9 Å². The van der Waals surface area contributed by atoms with Gasteiger partial charge in [-0.15, -0.1) is 0 Å². The van der Waals surface area contributed by atoms with Gasteiger partial charge in [0.2, 0.25) is 0 Å². The van der Waals surface area contributed by atoms with Gasteiger partial charge in [-0.25, -0.2) is 4.99 Å². The molecule has 0 amide bonds. The Balaban J connectivity index is 4.23. The topological polar surface area (TPSA) is 38.4 Å². The number of rotatable bonds is 2. The molecular formula is C9H16N2. The zero-order chi connectivity index (χ0) is 8.91. The van der Waals surface area contributed by atoms with Crippen molar-refractivity contribution in [2.45, 2.75) is 20.8 Å². The first-order valence-electron chi connectivity index (χ1n) is 3.60. The van der Waals surface area contributed by atoms with Crippen molar-refractivity contribution in [2.24, 2.45) is 16.1 Å². The van der Waals surface area contributed by atoms with Crippen LogP contribution in [0.1, 0.15) is 20.8 Å². The Kier molecular flexibility index (Phi) is 3.58. The van der Waals surface area contributed by atoms with Crippen molar-refractivity contribution in [1.82, 2.24) is 0 Å². The highest BCUT2D eigenvalue weighted by atomic mass is 14.9. The van der Waals surface area contributed by atoms with Gasteiger partial charge in [-0.05, 0) is 6.08 Å². The minimum atomic E-state index is -0.0501. The summed E-state index contributed by atoms with van der Waals surface area (Å²) < 4.78 is 0. The summed E-state index contributed by atoms with van der Waals surface area (Å²) in [6, 6.07) is 0. The molecule has 0 bridgehead atoms. The molecule has 0 aliphatic rings. The monoisotopic (exact) mass is 152 g/mol. The molecule has 0 unspecified atom stereocenters. The van der Waals surface area contributed by atoms with Crippen molar-refractivity contribution >= 4 is 5.84 Å². The molecule has 0 aromatic carbocycles. The maximum atomic E-state index is 5.66. The number of hydrogen-bond acceptors (Lipinski definition) is 1. The van der Waals surface area contributed by atoms with Crippen LogP contribution in [0.4, 0.5) is 0 Å². The summed E-state index contributed by atoms with van der Waals surface area (Å²) in [5.41, 5.74) is 5.61. The van der Waals surface area contributed by atoms with E-state index in [1.54, 1.807) is 18.4 Å². The molecule has 0 rings (SSSR count). The van der Waals surface area contributed by atoms with E-state index < -0.39 is 0 Å². The van der Waals surface area contributed by atoms with Crippen LogP contribution in [-0.2, 0) is 0 Å². The molecule has 2 N–H and O–H groups in total. The average molecular weight is 152 g/mol. The fourth-order valence-electron chi connectivity index (χ4n) is 0.378. The van der Waals surface area contributed by atoms with Crippen LogP contribution in [0.3, 0.4) is 0 Å². The number of aliphatic imine (C=N–C) groups is 1. The van der Waals surface area contributed by atoms with Crippen molar-refractivity contribution in [3.05, 3.63) is 24.9 Å². The van der Waals surface area contributed by atoms with E-state index in [4.69, 9.17) is 5.73 Å². The second-order valence-electron chi connectivity index (χ2n) is 3.34. The lowest BCUT2D eigenvalue weighted by Gasteiger charge is -2.16. The first kappa shape index (κ1) is 9.95. The standard InChI is InChI=1S/C9H16N2/c1-5-6-7-11-8(10)9(2,3)4/h5-7H,1H2,2-4H3,(H2,10,11)/b7-6-. The summed E-state index contributed by atoms with van der Waals surface area (Å²) in [7, 11) is 0. The SMILES string of the molecule is C=C/C=C\N=C(/N)C(C)(C)C. The first-order chi connectivity index (χ1) is 4.98. The molecule has 2 heteroatoms. The van der Waals surface area contributed by atoms with Crippen molar-refractivity contribution < 1.29 is 0 Å². The molecule has 0 saturated heterocycles. The van der Waals surface area contributed by atoms with E-state index in [1.165, 1.54) is 0 Å². The Morgan fingerprint density at radius 3 is 2.36 bits per heavy atom. The summed E-state index contributed by atoms with van der Waals surface area (Å²) >= 11 is 0. The second-order valence-corrected chi connectivity index (χ2v) is 3.34. The van der Waals surface area contributed by atoms with Crippen LogP contribution in [-0.4, -0.2) is 5.84 Å². The minimum Gasteiger partial charge on any atom is -0.387 e. The van der Waals surface area contributed by atoms with E-state index in [1.807, 2.05) is 20.8 Å². The van der Waals surface area contributed by atoms with E-state index in [0.717, 1.165) is 0 Å². The largest absolute Gasteiger partial charge is 0.387 e. The third-order valence-electron chi connectivity index (χ3n) is 1.20. The smallest absolute Gasteiger partial charge is 0.104 e. The van der Waals surface area contributed by atoms with E-state index in [0.29, 0.717) is 5.84 Å². The molecule has 0 aromatic heterocycles. The lowest BCUT2D eigenvalue weighted by atomic mass is 9.95. The lowest BCUT2D eigenvalue weighted by molar-refractivity contribution is 0.585. The number of hydrogen-bond donors (Lipinski definition) is 1. The quantitative estimate of drug-likeness (QED) is 0.367. The zero-order valence-electron chi connectivity index (χ0n) is 7.46. The molecule has 11 heavy (non-hydrogen) atoms. The molecule has 0 atom stereocenters. The normalized spacial score (nSPS) is 13.9. The number of amidine groups is 1. The molecule has 62 valence electrons. The predicted molar refractivity (Wildman–Crippen MR) is 50.4 cm³/mol. The molecule has 0 heterocycles. The maximum Gasteiger partial charge on any atom is 0.104 e. The van der Waals surface area contributed by atoms with Crippen LogP contribution in [0, 0.1) is 5.41 Å². The van der Waals surface area contributed by atoms with Gasteiger partial charge < -0.3 is 5.73 Å². The third kappa shape index (κ3) is 4.37. The van der Waals surface area contributed by atoms with Crippen molar-refractivity contribution in [3.63, 3.8) is 0 Å².